The second-order valence-electron chi connectivity index (χ2n) is 7.84. The summed E-state index contributed by atoms with van der Waals surface area (Å²) in [6.45, 7) is 6.75. The molecule has 2 saturated carbocycles. The zero-order valence-electron chi connectivity index (χ0n) is 13.1. The monoisotopic (exact) mass is 281 g/mol. The number of aromatic nitrogens is 1. The van der Waals surface area contributed by atoms with Crippen LogP contribution in [0.4, 0.5) is 0 Å². The Kier molecular flexibility index (Phi) is 2.44. The third-order valence-corrected chi connectivity index (χ3v) is 6.63. The van der Waals surface area contributed by atoms with E-state index in [9.17, 15) is 5.11 Å². The summed E-state index contributed by atoms with van der Waals surface area (Å²) in [6.07, 6.45) is 7.27. The van der Waals surface area contributed by atoms with Crippen molar-refractivity contribution in [2.45, 2.75) is 45.6 Å². The standard InChI is InChI=1S/C19H23NO/c1-17(2)14-8-9-18(3,10-14)19(17,21)16-12-20-11-13-6-4-5-7-15(13)16/h4-7,11-12,14,21H,8-10H2,1-3H3. The van der Waals surface area contributed by atoms with Gasteiger partial charge in [-0.25, -0.2) is 0 Å². The van der Waals surface area contributed by atoms with Gasteiger partial charge < -0.3 is 5.11 Å². The van der Waals surface area contributed by atoms with Crippen LogP contribution >= 0.6 is 0 Å². The third kappa shape index (κ3) is 1.39. The normalized spacial score (nSPS) is 37.2. The molecule has 1 N–H and O–H groups in total. The predicted octanol–water partition coefficient (Wildman–Crippen LogP) is 4.27. The molecule has 2 aromatic rings. The molecule has 0 aliphatic heterocycles. The molecule has 2 bridgehead atoms. The van der Waals surface area contributed by atoms with Gasteiger partial charge in [-0.1, -0.05) is 45.0 Å². The topological polar surface area (TPSA) is 33.1 Å². The van der Waals surface area contributed by atoms with E-state index in [1.54, 1.807) is 0 Å². The summed E-state index contributed by atoms with van der Waals surface area (Å²) in [7, 11) is 0. The van der Waals surface area contributed by atoms with E-state index in [2.05, 4.69) is 44.0 Å². The molecule has 2 aliphatic rings. The number of pyridine rings is 1. The molecule has 1 aromatic heterocycles. The van der Waals surface area contributed by atoms with Crippen molar-refractivity contribution in [3.63, 3.8) is 0 Å². The van der Waals surface area contributed by atoms with Crippen molar-refractivity contribution in [2.24, 2.45) is 16.7 Å². The van der Waals surface area contributed by atoms with Crippen LogP contribution in [0.2, 0.25) is 0 Å². The average molecular weight is 281 g/mol. The first-order valence-electron chi connectivity index (χ1n) is 7.96. The van der Waals surface area contributed by atoms with Gasteiger partial charge in [0.25, 0.3) is 0 Å². The van der Waals surface area contributed by atoms with E-state index in [0.29, 0.717) is 5.92 Å². The Hall–Kier alpha value is -1.41. The Bertz CT molecular complexity index is 710. The highest BCUT2D eigenvalue weighted by Gasteiger charge is 2.69. The van der Waals surface area contributed by atoms with E-state index in [0.717, 1.165) is 29.2 Å². The summed E-state index contributed by atoms with van der Waals surface area (Å²) in [5, 5.41) is 14.2. The van der Waals surface area contributed by atoms with Gasteiger partial charge in [-0.05, 0) is 30.6 Å². The minimum absolute atomic E-state index is 0.0348. The van der Waals surface area contributed by atoms with Crippen molar-refractivity contribution in [1.29, 1.82) is 0 Å². The highest BCUT2D eigenvalue weighted by molar-refractivity contribution is 5.85. The maximum atomic E-state index is 11.9. The molecule has 2 fully saturated rings. The fourth-order valence-electron chi connectivity index (χ4n) is 5.34. The SMILES string of the molecule is CC12CCC(C1)C(C)(C)C2(O)c1cncc2ccccc12. The largest absolute Gasteiger partial charge is 0.384 e. The fraction of sp³-hybridized carbons (Fsp3) is 0.526. The van der Waals surface area contributed by atoms with Crippen molar-refractivity contribution >= 4 is 10.8 Å². The lowest BCUT2D eigenvalue weighted by molar-refractivity contribution is -0.149. The molecule has 110 valence electrons. The van der Waals surface area contributed by atoms with Gasteiger partial charge >= 0.3 is 0 Å². The average Bonchev–Trinajstić information content (AvgIpc) is 2.95. The van der Waals surface area contributed by atoms with E-state index in [1.165, 1.54) is 6.42 Å². The second-order valence-corrected chi connectivity index (χ2v) is 7.84. The minimum Gasteiger partial charge on any atom is -0.384 e. The van der Waals surface area contributed by atoms with Crippen molar-refractivity contribution < 1.29 is 5.11 Å². The Balaban J connectivity index is 2.03. The van der Waals surface area contributed by atoms with Crippen LogP contribution in [-0.2, 0) is 5.60 Å². The first-order valence-corrected chi connectivity index (χ1v) is 7.96. The third-order valence-electron chi connectivity index (χ3n) is 6.63. The van der Waals surface area contributed by atoms with E-state index in [1.807, 2.05) is 18.5 Å². The van der Waals surface area contributed by atoms with Crippen LogP contribution in [0.15, 0.2) is 36.7 Å². The molecule has 2 aliphatic carbocycles. The van der Waals surface area contributed by atoms with Gasteiger partial charge in [0.15, 0.2) is 0 Å². The lowest BCUT2D eigenvalue weighted by Crippen LogP contribution is -2.51. The summed E-state index contributed by atoms with van der Waals surface area (Å²) >= 11 is 0. The van der Waals surface area contributed by atoms with Crippen LogP contribution in [-0.4, -0.2) is 10.1 Å². The summed E-state index contributed by atoms with van der Waals surface area (Å²) in [5.74, 6) is 0.603. The zero-order chi connectivity index (χ0) is 14.9. The summed E-state index contributed by atoms with van der Waals surface area (Å²) in [4.78, 5) is 4.42. The first kappa shape index (κ1) is 13.3. The van der Waals surface area contributed by atoms with Gasteiger partial charge in [-0.2, -0.15) is 0 Å². The van der Waals surface area contributed by atoms with Crippen LogP contribution in [0.1, 0.15) is 45.6 Å². The molecule has 2 nitrogen and oxygen atoms in total. The number of rotatable bonds is 1. The van der Waals surface area contributed by atoms with E-state index < -0.39 is 5.60 Å². The molecule has 2 heteroatoms. The van der Waals surface area contributed by atoms with Gasteiger partial charge in [-0.3, -0.25) is 4.98 Å². The lowest BCUT2D eigenvalue weighted by Gasteiger charge is -2.51. The zero-order valence-corrected chi connectivity index (χ0v) is 13.1. The number of nitrogens with zero attached hydrogens (tertiary/aromatic N) is 1. The number of fused-ring (bicyclic) bond motifs is 3. The van der Waals surface area contributed by atoms with Crippen molar-refractivity contribution in [2.75, 3.05) is 0 Å². The molecule has 0 spiro atoms. The van der Waals surface area contributed by atoms with Crippen molar-refractivity contribution in [1.82, 2.24) is 4.98 Å². The van der Waals surface area contributed by atoms with Crippen LogP contribution in [0.3, 0.4) is 0 Å². The molecule has 0 amide bonds. The van der Waals surface area contributed by atoms with E-state index in [4.69, 9.17) is 0 Å². The molecule has 21 heavy (non-hydrogen) atoms. The summed E-state index contributed by atoms with van der Waals surface area (Å²) in [6, 6.07) is 8.29. The molecule has 3 atom stereocenters. The maximum Gasteiger partial charge on any atom is 0.102 e. The summed E-state index contributed by atoms with van der Waals surface area (Å²) < 4.78 is 0. The van der Waals surface area contributed by atoms with Gasteiger partial charge in [0.05, 0.1) is 0 Å². The highest BCUT2D eigenvalue weighted by Crippen LogP contribution is 2.72. The first-order chi connectivity index (χ1) is 9.90. The Morgan fingerprint density at radius 3 is 2.62 bits per heavy atom. The van der Waals surface area contributed by atoms with Crippen LogP contribution in [0.25, 0.3) is 10.8 Å². The molecule has 0 radical (unpaired) electrons. The molecular weight excluding hydrogens is 258 g/mol. The highest BCUT2D eigenvalue weighted by atomic mass is 16.3. The number of aliphatic hydroxyl groups is 1. The quantitative estimate of drug-likeness (QED) is 0.847. The number of hydrogen-bond acceptors (Lipinski definition) is 2. The predicted molar refractivity (Wildman–Crippen MR) is 84.9 cm³/mol. The van der Waals surface area contributed by atoms with Crippen LogP contribution in [0, 0.1) is 16.7 Å². The van der Waals surface area contributed by atoms with E-state index >= 15 is 0 Å². The molecule has 1 aromatic carbocycles. The number of hydrogen-bond donors (Lipinski definition) is 1. The van der Waals surface area contributed by atoms with Gasteiger partial charge in [0, 0.05) is 34.2 Å². The van der Waals surface area contributed by atoms with Crippen molar-refractivity contribution in [3.05, 3.63) is 42.2 Å². The molecule has 4 rings (SSSR count). The molecular formula is C19H23NO. The minimum atomic E-state index is -0.795. The van der Waals surface area contributed by atoms with Gasteiger partial charge in [0.1, 0.15) is 5.60 Å². The molecule has 1 heterocycles. The second kappa shape index (κ2) is 3.86. The summed E-state index contributed by atoms with van der Waals surface area (Å²) in [5.41, 5.74) is 0.0885. The lowest BCUT2D eigenvalue weighted by atomic mass is 9.57. The Labute approximate surface area is 126 Å². The van der Waals surface area contributed by atoms with Gasteiger partial charge in [-0.15, -0.1) is 0 Å². The Morgan fingerprint density at radius 2 is 1.90 bits per heavy atom. The maximum absolute atomic E-state index is 11.9. The smallest absolute Gasteiger partial charge is 0.102 e. The molecule has 0 saturated heterocycles. The number of benzene rings is 1. The van der Waals surface area contributed by atoms with Crippen LogP contribution < -0.4 is 0 Å². The van der Waals surface area contributed by atoms with E-state index in [-0.39, 0.29) is 10.8 Å². The van der Waals surface area contributed by atoms with Gasteiger partial charge in [0.2, 0.25) is 0 Å². The van der Waals surface area contributed by atoms with Crippen LogP contribution in [0.5, 0.6) is 0 Å². The fourth-order valence-corrected chi connectivity index (χ4v) is 5.34. The molecule has 3 unspecified atom stereocenters. The van der Waals surface area contributed by atoms with Crippen molar-refractivity contribution in [3.8, 4) is 0 Å². The Morgan fingerprint density at radius 1 is 1.14 bits per heavy atom.